The van der Waals surface area contributed by atoms with Crippen LogP contribution in [0.5, 0.6) is 0 Å². The largest absolute Gasteiger partial charge is 0.365 e. The topological polar surface area (TPSA) is 42.2 Å². The van der Waals surface area contributed by atoms with E-state index in [9.17, 15) is 0 Å². The summed E-state index contributed by atoms with van der Waals surface area (Å²) in [6.07, 6.45) is 1.77. The summed E-state index contributed by atoms with van der Waals surface area (Å²) in [6.45, 7) is 8.49. The smallest absolute Gasteiger partial charge is 0.158 e. The van der Waals surface area contributed by atoms with Gasteiger partial charge in [-0.3, -0.25) is 0 Å². The minimum absolute atomic E-state index is 0.0673. The van der Waals surface area contributed by atoms with Crippen molar-refractivity contribution >= 4 is 34.1 Å². The van der Waals surface area contributed by atoms with Crippen LogP contribution < -0.4 is 5.32 Å². The van der Waals surface area contributed by atoms with Gasteiger partial charge in [-0.25, -0.2) is 4.98 Å². The third-order valence-corrected chi connectivity index (χ3v) is 5.84. The molecule has 4 aromatic rings. The van der Waals surface area contributed by atoms with Crippen molar-refractivity contribution in [1.82, 2.24) is 14.6 Å². The van der Waals surface area contributed by atoms with Crippen LogP contribution in [0.25, 0.3) is 16.2 Å². The quantitative estimate of drug-likeness (QED) is 0.462. The molecule has 0 aliphatic rings. The molecule has 27 heavy (non-hydrogen) atoms. The Bertz CT molecular complexity index is 1160. The van der Waals surface area contributed by atoms with Gasteiger partial charge in [-0.1, -0.05) is 0 Å². The van der Waals surface area contributed by atoms with Crippen molar-refractivity contribution in [1.29, 1.82) is 0 Å². The Morgan fingerprint density at radius 3 is 2.70 bits per heavy atom. The van der Waals surface area contributed by atoms with Gasteiger partial charge in [0.05, 0.1) is 26.5 Å². The normalized spacial score (nSPS) is 11.4. The molecule has 4 aromatic heterocycles. The fourth-order valence-corrected chi connectivity index (χ4v) is 4.27. The molecule has 1 N–H and O–H groups in total. The van der Waals surface area contributed by atoms with Crippen LogP contribution in [0.15, 0.2) is 41.9 Å². The third-order valence-electron chi connectivity index (χ3n) is 3.88. The summed E-state index contributed by atoms with van der Waals surface area (Å²) in [4.78, 5) is 8.02. The Morgan fingerprint density at radius 2 is 1.96 bits per heavy atom. The average molecular weight is 393 g/mol. The number of aromatic nitrogens is 3. The predicted octanol–water partition coefficient (Wildman–Crippen LogP) is 5.44. The molecule has 0 saturated carbocycles. The van der Waals surface area contributed by atoms with Crippen molar-refractivity contribution in [3.05, 3.63) is 57.2 Å². The van der Waals surface area contributed by atoms with E-state index in [1.807, 2.05) is 10.6 Å². The van der Waals surface area contributed by atoms with Crippen molar-refractivity contribution in [2.24, 2.45) is 0 Å². The SMILES string of the molecule is Cc1ccsc1C#Cc1ccc(-c2cc(NC(C)(C)C)n3nccc3n2)s1. The lowest BCUT2D eigenvalue weighted by Crippen LogP contribution is -2.27. The number of fused-ring (bicyclic) bond motifs is 1. The number of anilines is 1. The fourth-order valence-electron chi connectivity index (χ4n) is 2.67. The first-order chi connectivity index (χ1) is 12.9. The average Bonchev–Trinajstić information content (AvgIpc) is 3.31. The van der Waals surface area contributed by atoms with E-state index in [4.69, 9.17) is 4.98 Å². The van der Waals surface area contributed by atoms with Gasteiger partial charge >= 0.3 is 0 Å². The van der Waals surface area contributed by atoms with E-state index in [1.165, 1.54) is 5.56 Å². The molecule has 0 bridgehead atoms. The summed E-state index contributed by atoms with van der Waals surface area (Å²) >= 11 is 3.34. The summed E-state index contributed by atoms with van der Waals surface area (Å²) in [7, 11) is 0. The van der Waals surface area contributed by atoms with E-state index < -0.39 is 0 Å². The maximum Gasteiger partial charge on any atom is 0.158 e. The molecule has 0 aliphatic carbocycles. The van der Waals surface area contributed by atoms with Gasteiger partial charge in [0.2, 0.25) is 0 Å². The first-order valence-electron chi connectivity index (χ1n) is 8.68. The summed E-state index contributed by atoms with van der Waals surface area (Å²) in [5.41, 5.74) is 2.92. The maximum absolute atomic E-state index is 4.76. The molecule has 0 fully saturated rings. The molecule has 0 aromatic carbocycles. The summed E-state index contributed by atoms with van der Waals surface area (Å²) in [5, 5.41) is 9.98. The molecule has 0 saturated heterocycles. The van der Waals surface area contributed by atoms with Crippen LogP contribution in [0.1, 0.15) is 36.1 Å². The molecular formula is C21H20N4S2. The second kappa shape index (κ2) is 6.84. The standard InChI is InChI=1S/C21H20N4S2/c1-14-10-12-26-17(14)7-5-15-6-8-18(27-15)16-13-20(24-21(2,3)4)25-19(23-16)9-11-22-25/h6,8-13,24H,1-4H3. The van der Waals surface area contributed by atoms with Gasteiger partial charge in [0.1, 0.15) is 5.82 Å². The summed E-state index contributed by atoms with van der Waals surface area (Å²) in [5.74, 6) is 7.49. The van der Waals surface area contributed by atoms with Crippen LogP contribution in [0.2, 0.25) is 0 Å². The molecule has 4 nitrogen and oxygen atoms in total. The van der Waals surface area contributed by atoms with Gasteiger partial charge < -0.3 is 5.32 Å². The molecule has 4 heterocycles. The first-order valence-corrected chi connectivity index (χ1v) is 10.4. The monoisotopic (exact) mass is 392 g/mol. The highest BCUT2D eigenvalue weighted by atomic mass is 32.1. The van der Waals surface area contributed by atoms with E-state index in [-0.39, 0.29) is 5.54 Å². The van der Waals surface area contributed by atoms with E-state index >= 15 is 0 Å². The highest BCUT2D eigenvalue weighted by Gasteiger charge is 2.15. The van der Waals surface area contributed by atoms with Gasteiger partial charge in [-0.15, -0.1) is 22.7 Å². The molecule has 136 valence electrons. The highest BCUT2D eigenvalue weighted by Crippen LogP contribution is 2.29. The van der Waals surface area contributed by atoms with Crippen molar-refractivity contribution in [2.75, 3.05) is 5.32 Å². The van der Waals surface area contributed by atoms with Crippen LogP contribution in [-0.4, -0.2) is 20.1 Å². The Balaban J connectivity index is 1.70. The molecule has 0 aliphatic heterocycles. The van der Waals surface area contributed by atoms with E-state index in [0.717, 1.165) is 31.8 Å². The lowest BCUT2D eigenvalue weighted by atomic mass is 10.1. The third kappa shape index (κ3) is 3.90. The van der Waals surface area contributed by atoms with Gasteiger partial charge in [-0.2, -0.15) is 9.61 Å². The number of aryl methyl sites for hydroxylation is 1. The van der Waals surface area contributed by atoms with Crippen molar-refractivity contribution in [3.63, 3.8) is 0 Å². The number of nitrogens with zero attached hydrogens (tertiary/aromatic N) is 3. The maximum atomic E-state index is 4.76. The predicted molar refractivity (Wildman–Crippen MR) is 115 cm³/mol. The van der Waals surface area contributed by atoms with Crippen molar-refractivity contribution in [3.8, 4) is 22.4 Å². The van der Waals surface area contributed by atoms with E-state index in [2.05, 4.69) is 79.6 Å². The van der Waals surface area contributed by atoms with Gasteiger partial charge in [-0.05, 0) is 68.7 Å². The first kappa shape index (κ1) is 17.8. The highest BCUT2D eigenvalue weighted by molar-refractivity contribution is 7.16. The molecule has 0 amide bonds. The second-order valence-corrected chi connectivity index (χ2v) is 9.35. The number of hydrogen-bond donors (Lipinski definition) is 1. The molecule has 0 spiro atoms. The molecule has 0 atom stereocenters. The Kier molecular flexibility index (Phi) is 4.50. The molecular weight excluding hydrogens is 372 g/mol. The molecule has 0 radical (unpaired) electrons. The van der Waals surface area contributed by atoms with Gasteiger partial charge in [0.25, 0.3) is 0 Å². The molecule has 4 rings (SSSR count). The van der Waals surface area contributed by atoms with Crippen molar-refractivity contribution in [2.45, 2.75) is 33.2 Å². The zero-order valence-corrected chi connectivity index (χ0v) is 17.3. The van der Waals surface area contributed by atoms with Crippen LogP contribution in [0, 0.1) is 18.8 Å². The fraction of sp³-hybridized carbons (Fsp3) is 0.238. The number of hydrogen-bond acceptors (Lipinski definition) is 5. The number of rotatable bonds is 2. The Hall–Kier alpha value is -2.62. The minimum atomic E-state index is -0.0673. The van der Waals surface area contributed by atoms with E-state index in [0.29, 0.717) is 0 Å². The molecule has 6 heteroatoms. The van der Waals surface area contributed by atoms with Crippen LogP contribution in [0.4, 0.5) is 5.82 Å². The second-order valence-electron chi connectivity index (χ2n) is 7.35. The van der Waals surface area contributed by atoms with Gasteiger partial charge in [0, 0.05) is 17.7 Å². The van der Waals surface area contributed by atoms with Crippen LogP contribution >= 0.6 is 22.7 Å². The number of nitrogens with one attached hydrogen (secondary N) is 1. The van der Waals surface area contributed by atoms with E-state index in [1.54, 1.807) is 28.9 Å². The molecule has 0 unspecified atom stereocenters. The Morgan fingerprint density at radius 1 is 1.11 bits per heavy atom. The lowest BCUT2D eigenvalue weighted by molar-refractivity contribution is 0.625. The van der Waals surface area contributed by atoms with Crippen molar-refractivity contribution < 1.29 is 0 Å². The summed E-state index contributed by atoms with van der Waals surface area (Å²) < 4.78 is 1.84. The van der Waals surface area contributed by atoms with Gasteiger partial charge in [0.15, 0.2) is 5.65 Å². The zero-order valence-electron chi connectivity index (χ0n) is 15.7. The summed E-state index contributed by atoms with van der Waals surface area (Å²) in [6, 6.07) is 10.2. The zero-order chi connectivity index (χ0) is 19.0. The lowest BCUT2D eigenvalue weighted by Gasteiger charge is -2.22. The Labute approximate surface area is 166 Å². The number of thiophene rings is 2. The van der Waals surface area contributed by atoms with Crippen LogP contribution in [-0.2, 0) is 0 Å². The van der Waals surface area contributed by atoms with Crippen LogP contribution in [0.3, 0.4) is 0 Å². The minimum Gasteiger partial charge on any atom is -0.365 e.